The van der Waals surface area contributed by atoms with E-state index in [1.807, 2.05) is 30.3 Å². The zero-order valence-electron chi connectivity index (χ0n) is 8.66. The highest BCUT2D eigenvalue weighted by atomic mass is 14.4. The van der Waals surface area contributed by atoms with E-state index in [0.29, 0.717) is 0 Å². The summed E-state index contributed by atoms with van der Waals surface area (Å²) in [6, 6.07) is 12.2. The number of benzene rings is 1. The molecule has 0 heterocycles. The first-order chi connectivity index (χ1) is 7.35. The van der Waals surface area contributed by atoms with Crippen molar-refractivity contribution in [2.24, 2.45) is 5.41 Å². The monoisotopic (exact) mass is 195 g/mol. The Morgan fingerprint density at radius 1 is 1.07 bits per heavy atom. The molecule has 0 unspecified atom stereocenters. The molecule has 1 aliphatic carbocycles. The van der Waals surface area contributed by atoms with Crippen molar-refractivity contribution in [1.29, 1.82) is 5.26 Å². The summed E-state index contributed by atoms with van der Waals surface area (Å²) in [7, 11) is 0. The van der Waals surface area contributed by atoms with Gasteiger partial charge in [-0.05, 0) is 25.0 Å². The first-order valence-corrected chi connectivity index (χ1v) is 5.34. The van der Waals surface area contributed by atoms with Crippen LogP contribution in [0, 0.1) is 28.6 Å². The minimum absolute atomic E-state index is 0.365. The van der Waals surface area contributed by atoms with E-state index in [2.05, 4.69) is 17.9 Å². The summed E-state index contributed by atoms with van der Waals surface area (Å²) in [5, 5.41) is 9.14. The van der Waals surface area contributed by atoms with Gasteiger partial charge >= 0.3 is 0 Å². The van der Waals surface area contributed by atoms with Gasteiger partial charge in [0.25, 0.3) is 0 Å². The van der Waals surface area contributed by atoms with E-state index >= 15 is 0 Å². The summed E-state index contributed by atoms with van der Waals surface area (Å²) in [6.45, 7) is 0. The van der Waals surface area contributed by atoms with E-state index in [1.54, 1.807) is 0 Å². The predicted octanol–water partition coefficient (Wildman–Crippen LogP) is 3.12. The van der Waals surface area contributed by atoms with Gasteiger partial charge in [-0.1, -0.05) is 42.9 Å². The molecule has 0 atom stereocenters. The van der Waals surface area contributed by atoms with Gasteiger partial charge in [0.2, 0.25) is 0 Å². The third kappa shape index (κ3) is 2.20. The Labute approximate surface area is 90.7 Å². The number of hydrogen-bond donors (Lipinski definition) is 0. The molecule has 0 aliphatic heterocycles. The van der Waals surface area contributed by atoms with Crippen LogP contribution in [-0.2, 0) is 0 Å². The fourth-order valence-corrected chi connectivity index (χ4v) is 1.96. The Kier molecular flexibility index (Phi) is 2.75. The van der Waals surface area contributed by atoms with Crippen LogP contribution in [-0.4, -0.2) is 0 Å². The molecule has 1 aliphatic rings. The molecule has 0 saturated heterocycles. The van der Waals surface area contributed by atoms with Crippen LogP contribution < -0.4 is 0 Å². The van der Waals surface area contributed by atoms with Crippen LogP contribution in [0.1, 0.15) is 31.2 Å². The molecule has 0 spiro atoms. The van der Waals surface area contributed by atoms with Gasteiger partial charge in [0.15, 0.2) is 0 Å². The van der Waals surface area contributed by atoms with Crippen molar-refractivity contribution < 1.29 is 0 Å². The zero-order chi connectivity index (χ0) is 10.6. The van der Waals surface area contributed by atoms with E-state index in [9.17, 15) is 0 Å². The molecule has 0 N–H and O–H groups in total. The summed E-state index contributed by atoms with van der Waals surface area (Å²) in [4.78, 5) is 0. The summed E-state index contributed by atoms with van der Waals surface area (Å²) in [5.74, 6) is 6.26. The van der Waals surface area contributed by atoms with Crippen LogP contribution in [0.5, 0.6) is 0 Å². The maximum Gasteiger partial charge on any atom is 0.118 e. The van der Waals surface area contributed by atoms with E-state index in [0.717, 1.165) is 31.2 Å². The molecule has 1 aromatic carbocycles. The largest absolute Gasteiger partial charge is 0.197 e. The molecule has 1 aromatic rings. The minimum atomic E-state index is -0.365. The molecule has 74 valence electrons. The second-order valence-electron chi connectivity index (χ2n) is 4.02. The lowest BCUT2D eigenvalue weighted by Gasteiger charge is -2.10. The zero-order valence-corrected chi connectivity index (χ0v) is 8.66. The van der Waals surface area contributed by atoms with Crippen molar-refractivity contribution in [3.05, 3.63) is 35.9 Å². The van der Waals surface area contributed by atoms with Gasteiger partial charge in [-0.15, -0.1) is 0 Å². The maximum atomic E-state index is 9.14. The molecule has 1 fully saturated rings. The third-order valence-corrected chi connectivity index (χ3v) is 2.89. The molecule has 0 aromatic heterocycles. The molecule has 15 heavy (non-hydrogen) atoms. The van der Waals surface area contributed by atoms with Crippen LogP contribution in [0.15, 0.2) is 30.3 Å². The van der Waals surface area contributed by atoms with Gasteiger partial charge in [-0.25, -0.2) is 0 Å². The molecule has 0 radical (unpaired) electrons. The van der Waals surface area contributed by atoms with Gasteiger partial charge in [0.1, 0.15) is 5.41 Å². The standard InChI is InChI=1S/C14H13N/c15-12-14(9-4-5-10-14)11-8-13-6-2-1-3-7-13/h1-3,6-7H,4-5,9-10H2. The Hall–Kier alpha value is -1.73. The fourth-order valence-electron chi connectivity index (χ4n) is 1.96. The maximum absolute atomic E-state index is 9.14. The fraction of sp³-hybridized carbons (Fsp3) is 0.357. The van der Waals surface area contributed by atoms with Crippen LogP contribution in [0.2, 0.25) is 0 Å². The lowest BCUT2D eigenvalue weighted by molar-refractivity contribution is 0.554. The summed E-state index contributed by atoms with van der Waals surface area (Å²) >= 11 is 0. The number of nitrogens with zero attached hydrogens (tertiary/aromatic N) is 1. The van der Waals surface area contributed by atoms with Crippen LogP contribution in [0.4, 0.5) is 0 Å². The summed E-state index contributed by atoms with van der Waals surface area (Å²) in [5.41, 5.74) is 0.634. The van der Waals surface area contributed by atoms with Gasteiger partial charge < -0.3 is 0 Å². The first-order valence-electron chi connectivity index (χ1n) is 5.34. The Bertz CT molecular complexity index is 422. The van der Waals surface area contributed by atoms with Crippen molar-refractivity contribution in [1.82, 2.24) is 0 Å². The quantitative estimate of drug-likeness (QED) is 0.583. The van der Waals surface area contributed by atoms with Gasteiger partial charge in [0, 0.05) is 5.56 Å². The minimum Gasteiger partial charge on any atom is -0.197 e. The van der Waals surface area contributed by atoms with Crippen LogP contribution in [0.3, 0.4) is 0 Å². The van der Waals surface area contributed by atoms with E-state index in [1.165, 1.54) is 0 Å². The molecule has 1 saturated carbocycles. The van der Waals surface area contributed by atoms with E-state index in [4.69, 9.17) is 5.26 Å². The number of hydrogen-bond acceptors (Lipinski definition) is 1. The second kappa shape index (κ2) is 4.20. The Morgan fingerprint density at radius 3 is 2.33 bits per heavy atom. The van der Waals surface area contributed by atoms with Crippen molar-refractivity contribution in [3.63, 3.8) is 0 Å². The highest BCUT2D eigenvalue weighted by Crippen LogP contribution is 2.36. The number of rotatable bonds is 0. The molecule has 2 rings (SSSR count). The SMILES string of the molecule is N#CC1(C#Cc2ccccc2)CCCC1. The van der Waals surface area contributed by atoms with Crippen molar-refractivity contribution in [2.75, 3.05) is 0 Å². The average molecular weight is 195 g/mol. The van der Waals surface area contributed by atoms with Crippen LogP contribution >= 0.6 is 0 Å². The predicted molar refractivity (Wildman–Crippen MR) is 59.8 cm³/mol. The molecular formula is C14H13N. The smallest absolute Gasteiger partial charge is 0.118 e. The van der Waals surface area contributed by atoms with E-state index in [-0.39, 0.29) is 5.41 Å². The van der Waals surface area contributed by atoms with Gasteiger partial charge in [0.05, 0.1) is 6.07 Å². The second-order valence-corrected chi connectivity index (χ2v) is 4.02. The van der Waals surface area contributed by atoms with Gasteiger partial charge in [-0.2, -0.15) is 5.26 Å². The van der Waals surface area contributed by atoms with Gasteiger partial charge in [-0.3, -0.25) is 0 Å². The Morgan fingerprint density at radius 2 is 1.73 bits per heavy atom. The average Bonchev–Trinajstić information content (AvgIpc) is 2.77. The summed E-state index contributed by atoms with van der Waals surface area (Å²) in [6.07, 6.45) is 4.14. The lowest BCUT2D eigenvalue weighted by atomic mass is 9.89. The van der Waals surface area contributed by atoms with Crippen molar-refractivity contribution in [2.45, 2.75) is 25.7 Å². The molecular weight excluding hydrogens is 182 g/mol. The highest BCUT2D eigenvalue weighted by molar-refractivity contribution is 5.37. The number of nitriles is 1. The van der Waals surface area contributed by atoms with Crippen molar-refractivity contribution in [3.8, 4) is 17.9 Å². The highest BCUT2D eigenvalue weighted by Gasteiger charge is 2.31. The first kappa shape index (κ1) is 9.81. The molecule has 1 heteroatoms. The topological polar surface area (TPSA) is 23.8 Å². The van der Waals surface area contributed by atoms with E-state index < -0.39 is 0 Å². The third-order valence-electron chi connectivity index (χ3n) is 2.89. The lowest BCUT2D eigenvalue weighted by Crippen LogP contribution is -2.09. The summed E-state index contributed by atoms with van der Waals surface area (Å²) < 4.78 is 0. The normalized spacial score (nSPS) is 17.5. The van der Waals surface area contributed by atoms with Crippen molar-refractivity contribution >= 4 is 0 Å². The molecule has 0 amide bonds. The molecule has 0 bridgehead atoms. The Balaban J connectivity index is 2.21. The molecule has 1 nitrogen and oxygen atoms in total. The van der Waals surface area contributed by atoms with Crippen LogP contribution in [0.25, 0.3) is 0 Å².